The van der Waals surface area contributed by atoms with E-state index in [2.05, 4.69) is 11.4 Å². The van der Waals surface area contributed by atoms with Gasteiger partial charge >= 0.3 is 0 Å². The lowest BCUT2D eigenvalue weighted by molar-refractivity contribution is -0.124. The van der Waals surface area contributed by atoms with E-state index in [1.165, 1.54) is 0 Å². The standard InChI is InChI=1S/C17H20N2O4/c1-3-22-15-8-12(9-20)4-7-14(15)23-10-16(21)19-17(2,11-18)13-5-6-13/h4,7-9,13H,3,5-6,10H2,1-2H3,(H,19,21)/t17-/m0/s1. The molecule has 23 heavy (non-hydrogen) atoms. The number of carbonyl (C=O) groups is 2. The van der Waals surface area contributed by atoms with Gasteiger partial charge in [-0.05, 0) is 50.8 Å². The van der Waals surface area contributed by atoms with Gasteiger partial charge in [0.2, 0.25) is 0 Å². The largest absolute Gasteiger partial charge is 0.490 e. The average Bonchev–Trinajstić information content (AvgIpc) is 3.39. The molecule has 1 aliphatic rings. The topological polar surface area (TPSA) is 88.4 Å². The van der Waals surface area contributed by atoms with E-state index >= 15 is 0 Å². The molecule has 1 N–H and O–H groups in total. The first-order valence-electron chi connectivity index (χ1n) is 7.59. The third kappa shape index (κ3) is 4.22. The second-order valence-electron chi connectivity index (χ2n) is 5.68. The van der Waals surface area contributed by atoms with Crippen LogP contribution in [0.15, 0.2) is 18.2 Å². The van der Waals surface area contributed by atoms with Gasteiger partial charge in [-0.3, -0.25) is 9.59 Å². The highest BCUT2D eigenvalue weighted by Gasteiger charge is 2.43. The number of aldehydes is 1. The Bertz CT molecular complexity index is 634. The molecule has 1 amide bonds. The molecule has 0 radical (unpaired) electrons. The summed E-state index contributed by atoms with van der Waals surface area (Å²) in [4.78, 5) is 22.8. The maximum absolute atomic E-state index is 12.0. The lowest BCUT2D eigenvalue weighted by Gasteiger charge is -2.23. The summed E-state index contributed by atoms with van der Waals surface area (Å²) in [6.07, 6.45) is 2.62. The van der Waals surface area contributed by atoms with Crippen molar-refractivity contribution in [2.24, 2.45) is 5.92 Å². The van der Waals surface area contributed by atoms with Gasteiger partial charge in [0.1, 0.15) is 11.8 Å². The summed E-state index contributed by atoms with van der Waals surface area (Å²) in [6, 6.07) is 6.91. The van der Waals surface area contributed by atoms with Gasteiger partial charge in [-0.15, -0.1) is 0 Å². The fraction of sp³-hybridized carbons (Fsp3) is 0.471. The summed E-state index contributed by atoms with van der Waals surface area (Å²) in [7, 11) is 0. The Kier molecular flexibility index (Phi) is 5.22. The van der Waals surface area contributed by atoms with E-state index in [4.69, 9.17) is 9.47 Å². The molecule has 1 fully saturated rings. The van der Waals surface area contributed by atoms with Crippen LogP contribution in [0.5, 0.6) is 11.5 Å². The predicted molar refractivity (Wildman–Crippen MR) is 83.4 cm³/mol. The SMILES string of the molecule is CCOc1cc(C=O)ccc1OCC(=O)N[C@@](C)(C#N)C1CC1. The van der Waals surface area contributed by atoms with Crippen molar-refractivity contribution >= 4 is 12.2 Å². The molecule has 1 saturated carbocycles. The second kappa shape index (κ2) is 7.14. The quantitative estimate of drug-likeness (QED) is 0.742. The van der Waals surface area contributed by atoms with Crippen LogP contribution in [0.4, 0.5) is 0 Å². The molecule has 1 aliphatic carbocycles. The first-order valence-corrected chi connectivity index (χ1v) is 7.59. The molecule has 0 heterocycles. The highest BCUT2D eigenvalue weighted by atomic mass is 16.5. The fourth-order valence-electron chi connectivity index (χ4n) is 2.34. The summed E-state index contributed by atoms with van der Waals surface area (Å²) in [5.41, 5.74) is -0.374. The second-order valence-corrected chi connectivity index (χ2v) is 5.68. The molecule has 6 heteroatoms. The van der Waals surface area contributed by atoms with E-state index in [0.717, 1.165) is 12.8 Å². The van der Waals surface area contributed by atoms with Gasteiger partial charge in [0.15, 0.2) is 18.1 Å². The minimum absolute atomic E-state index is 0.210. The monoisotopic (exact) mass is 316 g/mol. The summed E-state index contributed by atoms with van der Waals surface area (Å²) in [6.45, 7) is 3.74. The molecular formula is C17H20N2O4. The van der Waals surface area contributed by atoms with Gasteiger partial charge in [0, 0.05) is 5.56 Å². The summed E-state index contributed by atoms with van der Waals surface area (Å²) < 4.78 is 10.9. The van der Waals surface area contributed by atoms with Gasteiger partial charge in [-0.25, -0.2) is 0 Å². The lowest BCUT2D eigenvalue weighted by Crippen LogP contribution is -2.48. The highest BCUT2D eigenvalue weighted by molar-refractivity contribution is 5.79. The van der Waals surface area contributed by atoms with Crippen LogP contribution in [0.2, 0.25) is 0 Å². The molecular weight excluding hydrogens is 296 g/mol. The third-order valence-electron chi connectivity index (χ3n) is 3.79. The van der Waals surface area contributed by atoms with Crippen LogP contribution in [0.1, 0.15) is 37.0 Å². The van der Waals surface area contributed by atoms with Gasteiger partial charge in [-0.1, -0.05) is 0 Å². The summed E-state index contributed by atoms with van der Waals surface area (Å²) in [5, 5.41) is 12.0. The molecule has 122 valence electrons. The lowest BCUT2D eigenvalue weighted by atomic mass is 9.98. The van der Waals surface area contributed by atoms with Crippen molar-refractivity contribution in [2.45, 2.75) is 32.2 Å². The van der Waals surface area contributed by atoms with E-state index in [9.17, 15) is 14.9 Å². The molecule has 6 nitrogen and oxygen atoms in total. The van der Waals surface area contributed by atoms with Crippen molar-refractivity contribution in [3.63, 3.8) is 0 Å². The number of nitrogens with one attached hydrogen (secondary N) is 1. The molecule has 0 aromatic heterocycles. The first-order chi connectivity index (χ1) is 11.0. The van der Waals surface area contributed by atoms with Gasteiger partial charge in [-0.2, -0.15) is 5.26 Å². The molecule has 2 rings (SSSR count). The third-order valence-corrected chi connectivity index (χ3v) is 3.79. The normalized spacial score (nSPS) is 15.9. The number of nitrogens with zero attached hydrogens (tertiary/aromatic N) is 1. The Morgan fingerprint density at radius 2 is 2.17 bits per heavy atom. The summed E-state index contributed by atoms with van der Waals surface area (Å²) >= 11 is 0. The number of rotatable bonds is 8. The first kappa shape index (κ1) is 16.8. The van der Waals surface area contributed by atoms with Crippen molar-refractivity contribution in [3.8, 4) is 17.6 Å². The molecule has 1 atom stereocenters. The van der Waals surface area contributed by atoms with E-state index in [1.54, 1.807) is 25.1 Å². The maximum Gasteiger partial charge on any atom is 0.259 e. The van der Waals surface area contributed by atoms with Crippen LogP contribution in [-0.2, 0) is 4.79 Å². The van der Waals surface area contributed by atoms with Crippen LogP contribution >= 0.6 is 0 Å². The number of benzene rings is 1. The molecule has 1 aromatic rings. The molecule has 0 saturated heterocycles. The zero-order chi connectivity index (χ0) is 16.9. The molecule has 0 bridgehead atoms. The van der Waals surface area contributed by atoms with E-state index in [0.29, 0.717) is 30.0 Å². The molecule has 0 aliphatic heterocycles. The predicted octanol–water partition coefficient (Wildman–Crippen LogP) is 2.09. The smallest absolute Gasteiger partial charge is 0.259 e. The van der Waals surface area contributed by atoms with Crippen molar-refractivity contribution < 1.29 is 19.1 Å². The van der Waals surface area contributed by atoms with Crippen LogP contribution in [-0.4, -0.2) is 30.9 Å². The minimum atomic E-state index is -0.843. The average molecular weight is 316 g/mol. The molecule has 0 spiro atoms. The van der Waals surface area contributed by atoms with E-state index in [1.807, 2.05) is 6.92 Å². The van der Waals surface area contributed by atoms with Crippen molar-refractivity contribution in [1.82, 2.24) is 5.32 Å². The van der Waals surface area contributed by atoms with Crippen LogP contribution < -0.4 is 14.8 Å². The number of carbonyl (C=O) groups excluding carboxylic acids is 2. The van der Waals surface area contributed by atoms with Gasteiger partial charge < -0.3 is 14.8 Å². The highest BCUT2D eigenvalue weighted by Crippen LogP contribution is 2.39. The van der Waals surface area contributed by atoms with Crippen molar-refractivity contribution in [2.75, 3.05) is 13.2 Å². The maximum atomic E-state index is 12.0. The van der Waals surface area contributed by atoms with Crippen LogP contribution in [0, 0.1) is 17.2 Å². The van der Waals surface area contributed by atoms with Crippen molar-refractivity contribution in [1.29, 1.82) is 5.26 Å². The Morgan fingerprint density at radius 1 is 1.43 bits per heavy atom. The Balaban J connectivity index is 1.98. The Labute approximate surface area is 135 Å². The fourth-order valence-corrected chi connectivity index (χ4v) is 2.34. The number of hydrogen-bond donors (Lipinski definition) is 1. The van der Waals surface area contributed by atoms with Gasteiger partial charge in [0.05, 0.1) is 12.7 Å². The Morgan fingerprint density at radius 3 is 2.74 bits per heavy atom. The zero-order valence-electron chi connectivity index (χ0n) is 13.3. The number of amides is 1. The van der Waals surface area contributed by atoms with Crippen LogP contribution in [0.25, 0.3) is 0 Å². The minimum Gasteiger partial charge on any atom is -0.490 e. The number of nitriles is 1. The van der Waals surface area contributed by atoms with E-state index in [-0.39, 0.29) is 18.4 Å². The number of ether oxygens (including phenoxy) is 2. The van der Waals surface area contributed by atoms with E-state index < -0.39 is 5.54 Å². The van der Waals surface area contributed by atoms with Crippen molar-refractivity contribution in [3.05, 3.63) is 23.8 Å². The van der Waals surface area contributed by atoms with Gasteiger partial charge in [0.25, 0.3) is 5.91 Å². The molecule has 1 aromatic carbocycles. The number of hydrogen-bond acceptors (Lipinski definition) is 5. The molecule has 0 unspecified atom stereocenters. The Hall–Kier alpha value is -2.55. The van der Waals surface area contributed by atoms with Crippen LogP contribution in [0.3, 0.4) is 0 Å². The zero-order valence-corrected chi connectivity index (χ0v) is 13.3. The summed E-state index contributed by atoms with van der Waals surface area (Å²) in [5.74, 6) is 0.651.